The third kappa shape index (κ3) is 6.16. The standard InChI is InChI=1S/C20H24Cl3NO3/c1-3-14(11-25)24-10-13-8-18(23)20(19(9-13)26-4-2)27-12-15-16(21)6-5-7-17(15)22/h5-9,14,24-25H,3-4,10-12H2,1-2H3. The molecule has 0 spiro atoms. The molecule has 1 unspecified atom stereocenters. The molecule has 2 aromatic rings. The Morgan fingerprint density at radius 2 is 1.74 bits per heavy atom. The molecule has 0 aliphatic heterocycles. The maximum absolute atomic E-state index is 9.31. The number of hydrogen-bond acceptors (Lipinski definition) is 4. The molecule has 2 rings (SSSR count). The number of aliphatic hydroxyl groups is 1. The third-order valence-corrected chi connectivity index (χ3v) is 5.09. The fraction of sp³-hybridized carbons (Fsp3) is 0.400. The zero-order valence-electron chi connectivity index (χ0n) is 15.4. The van der Waals surface area contributed by atoms with Crippen molar-refractivity contribution in [1.29, 1.82) is 0 Å². The van der Waals surface area contributed by atoms with Crippen LogP contribution < -0.4 is 14.8 Å². The fourth-order valence-corrected chi connectivity index (χ4v) is 3.34. The maximum Gasteiger partial charge on any atom is 0.180 e. The minimum Gasteiger partial charge on any atom is -0.490 e. The molecule has 0 saturated heterocycles. The Labute approximate surface area is 175 Å². The minimum atomic E-state index is 0.0395. The molecule has 0 fully saturated rings. The Morgan fingerprint density at radius 3 is 2.33 bits per heavy atom. The lowest BCUT2D eigenvalue weighted by atomic mass is 10.1. The van der Waals surface area contributed by atoms with Crippen molar-refractivity contribution in [3.63, 3.8) is 0 Å². The molecule has 0 aliphatic carbocycles. The van der Waals surface area contributed by atoms with Crippen LogP contribution in [0.4, 0.5) is 0 Å². The van der Waals surface area contributed by atoms with Crippen LogP contribution >= 0.6 is 34.8 Å². The number of benzene rings is 2. The first-order valence-electron chi connectivity index (χ1n) is 8.85. The zero-order chi connectivity index (χ0) is 19.8. The highest BCUT2D eigenvalue weighted by Gasteiger charge is 2.15. The second kappa shape index (κ2) is 11.0. The summed E-state index contributed by atoms with van der Waals surface area (Å²) in [5, 5.41) is 14.1. The van der Waals surface area contributed by atoms with Gasteiger partial charge in [0.15, 0.2) is 11.5 Å². The van der Waals surface area contributed by atoms with E-state index in [2.05, 4.69) is 5.32 Å². The second-order valence-corrected chi connectivity index (χ2v) is 7.22. The predicted octanol–water partition coefficient (Wildman–Crippen LogP) is 5.49. The van der Waals surface area contributed by atoms with Gasteiger partial charge in [0.25, 0.3) is 0 Å². The summed E-state index contributed by atoms with van der Waals surface area (Å²) >= 11 is 18.9. The van der Waals surface area contributed by atoms with E-state index in [1.807, 2.05) is 26.0 Å². The van der Waals surface area contributed by atoms with E-state index in [-0.39, 0.29) is 19.3 Å². The topological polar surface area (TPSA) is 50.7 Å². The molecule has 1 atom stereocenters. The van der Waals surface area contributed by atoms with Crippen molar-refractivity contribution in [1.82, 2.24) is 5.32 Å². The van der Waals surface area contributed by atoms with E-state index in [1.54, 1.807) is 18.2 Å². The van der Waals surface area contributed by atoms with E-state index in [1.165, 1.54) is 0 Å². The molecule has 2 N–H and O–H groups in total. The van der Waals surface area contributed by atoms with Gasteiger partial charge in [-0.1, -0.05) is 47.8 Å². The molecule has 0 radical (unpaired) electrons. The van der Waals surface area contributed by atoms with E-state index in [9.17, 15) is 5.11 Å². The van der Waals surface area contributed by atoms with Gasteiger partial charge >= 0.3 is 0 Å². The summed E-state index contributed by atoms with van der Waals surface area (Å²) in [5.74, 6) is 1.01. The van der Waals surface area contributed by atoms with Crippen molar-refractivity contribution in [2.45, 2.75) is 39.5 Å². The Kier molecular flexibility index (Phi) is 9.00. The monoisotopic (exact) mass is 431 g/mol. The summed E-state index contributed by atoms with van der Waals surface area (Å²) in [6, 6.07) is 9.05. The Hall–Kier alpha value is -1.17. The zero-order valence-corrected chi connectivity index (χ0v) is 17.7. The molecular weight excluding hydrogens is 409 g/mol. The van der Waals surface area contributed by atoms with Gasteiger partial charge in [0, 0.05) is 28.2 Å². The fourth-order valence-electron chi connectivity index (χ4n) is 2.54. The van der Waals surface area contributed by atoms with Crippen LogP contribution in [-0.2, 0) is 13.2 Å². The van der Waals surface area contributed by atoms with Crippen LogP contribution in [0.5, 0.6) is 11.5 Å². The van der Waals surface area contributed by atoms with Crippen LogP contribution in [0, 0.1) is 0 Å². The van der Waals surface area contributed by atoms with Crippen LogP contribution in [0.25, 0.3) is 0 Å². The highest BCUT2D eigenvalue weighted by atomic mass is 35.5. The average Bonchev–Trinajstić information content (AvgIpc) is 2.64. The van der Waals surface area contributed by atoms with Gasteiger partial charge in [-0.05, 0) is 43.2 Å². The second-order valence-electron chi connectivity index (χ2n) is 6.00. The molecular formula is C20H24Cl3NO3. The summed E-state index contributed by atoms with van der Waals surface area (Å²) in [7, 11) is 0. The Morgan fingerprint density at radius 1 is 1.04 bits per heavy atom. The van der Waals surface area contributed by atoms with Gasteiger partial charge in [0.1, 0.15) is 6.61 Å². The largest absolute Gasteiger partial charge is 0.490 e. The van der Waals surface area contributed by atoms with Gasteiger partial charge in [0.2, 0.25) is 0 Å². The van der Waals surface area contributed by atoms with Crippen molar-refractivity contribution in [2.75, 3.05) is 13.2 Å². The molecule has 0 amide bonds. The highest BCUT2D eigenvalue weighted by molar-refractivity contribution is 6.36. The van der Waals surface area contributed by atoms with Crippen LogP contribution in [0.3, 0.4) is 0 Å². The number of halogens is 3. The van der Waals surface area contributed by atoms with Gasteiger partial charge in [0.05, 0.1) is 18.2 Å². The lowest BCUT2D eigenvalue weighted by Crippen LogP contribution is -2.31. The van der Waals surface area contributed by atoms with Gasteiger partial charge < -0.3 is 19.9 Å². The first-order valence-corrected chi connectivity index (χ1v) is 9.98. The van der Waals surface area contributed by atoms with E-state index >= 15 is 0 Å². The van der Waals surface area contributed by atoms with Gasteiger partial charge in [-0.15, -0.1) is 0 Å². The lowest BCUT2D eigenvalue weighted by molar-refractivity contribution is 0.238. The molecule has 2 aromatic carbocycles. The van der Waals surface area contributed by atoms with Crippen LogP contribution in [0.1, 0.15) is 31.4 Å². The SMILES string of the molecule is CCOc1cc(CNC(CC)CO)cc(Cl)c1OCc1c(Cl)cccc1Cl. The number of hydrogen-bond donors (Lipinski definition) is 2. The van der Waals surface area contributed by atoms with Crippen molar-refractivity contribution in [2.24, 2.45) is 0 Å². The van der Waals surface area contributed by atoms with E-state index in [4.69, 9.17) is 44.3 Å². The van der Waals surface area contributed by atoms with Gasteiger partial charge in [-0.25, -0.2) is 0 Å². The molecule has 0 bridgehead atoms. The Bertz CT molecular complexity index is 731. The van der Waals surface area contributed by atoms with Crippen molar-refractivity contribution < 1.29 is 14.6 Å². The van der Waals surface area contributed by atoms with Crippen LogP contribution in [0.2, 0.25) is 15.1 Å². The number of nitrogens with one attached hydrogen (secondary N) is 1. The summed E-state index contributed by atoms with van der Waals surface area (Å²) in [6.45, 7) is 5.22. The average molecular weight is 433 g/mol. The third-order valence-electron chi connectivity index (χ3n) is 4.10. The summed E-state index contributed by atoms with van der Waals surface area (Å²) in [4.78, 5) is 0. The molecule has 27 heavy (non-hydrogen) atoms. The van der Waals surface area contributed by atoms with E-state index in [0.29, 0.717) is 45.3 Å². The predicted molar refractivity (Wildman–Crippen MR) is 111 cm³/mol. The molecule has 148 valence electrons. The molecule has 0 saturated carbocycles. The van der Waals surface area contributed by atoms with Crippen LogP contribution in [0.15, 0.2) is 30.3 Å². The van der Waals surface area contributed by atoms with Crippen molar-refractivity contribution in [3.05, 3.63) is 56.5 Å². The molecule has 7 heteroatoms. The van der Waals surface area contributed by atoms with Crippen molar-refractivity contribution >= 4 is 34.8 Å². The molecule has 0 aliphatic rings. The molecule has 4 nitrogen and oxygen atoms in total. The number of rotatable bonds is 10. The Balaban J connectivity index is 2.20. The maximum atomic E-state index is 9.31. The first-order chi connectivity index (χ1) is 13.0. The normalized spacial score (nSPS) is 12.1. The molecule has 0 heterocycles. The lowest BCUT2D eigenvalue weighted by Gasteiger charge is -2.18. The summed E-state index contributed by atoms with van der Waals surface area (Å²) in [6.07, 6.45) is 0.836. The highest BCUT2D eigenvalue weighted by Crippen LogP contribution is 2.38. The quantitative estimate of drug-likeness (QED) is 0.521. The van der Waals surface area contributed by atoms with Gasteiger partial charge in [-0.2, -0.15) is 0 Å². The smallest absolute Gasteiger partial charge is 0.180 e. The van der Waals surface area contributed by atoms with E-state index < -0.39 is 0 Å². The number of aliphatic hydroxyl groups excluding tert-OH is 1. The minimum absolute atomic E-state index is 0.0395. The first kappa shape index (κ1) is 22.1. The molecule has 0 aromatic heterocycles. The summed E-state index contributed by atoms with van der Waals surface area (Å²) in [5.41, 5.74) is 1.64. The number of ether oxygens (including phenoxy) is 2. The summed E-state index contributed by atoms with van der Waals surface area (Å²) < 4.78 is 11.6. The van der Waals surface area contributed by atoms with Gasteiger partial charge in [-0.3, -0.25) is 0 Å². The van der Waals surface area contributed by atoms with Crippen LogP contribution in [-0.4, -0.2) is 24.4 Å². The van der Waals surface area contributed by atoms with E-state index in [0.717, 1.165) is 12.0 Å². The van der Waals surface area contributed by atoms with Crippen molar-refractivity contribution in [3.8, 4) is 11.5 Å².